The van der Waals surface area contributed by atoms with Gasteiger partial charge in [-0.2, -0.15) is 17.0 Å². The number of nitrogens with one attached hydrogen (secondary N) is 3. The van der Waals surface area contributed by atoms with Crippen LogP contribution in [0.3, 0.4) is 0 Å². The third-order valence-electron chi connectivity index (χ3n) is 2.11. The van der Waals surface area contributed by atoms with Gasteiger partial charge >= 0.3 is 0 Å². The molecular formula is C12H20N6O2S. The van der Waals surface area contributed by atoms with E-state index in [1.165, 1.54) is 0 Å². The van der Waals surface area contributed by atoms with Gasteiger partial charge in [0, 0.05) is 37.7 Å². The fraction of sp³-hybridized carbons (Fsp3) is 0.500. The number of aliphatic imine (C=N–C) groups is 1. The maximum atomic E-state index is 9.00. The van der Waals surface area contributed by atoms with Gasteiger partial charge < -0.3 is 15.4 Å². The Balaban J connectivity index is 0.000000885. The predicted molar refractivity (Wildman–Crippen MR) is 82.9 cm³/mol. The number of guanidine groups is 1. The maximum absolute atomic E-state index is 9.00. The van der Waals surface area contributed by atoms with Crippen LogP contribution in [0.25, 0.3) is 0 Å². The van der Waals surface area contributed by atoms with Crippen molar-refractivity contribution in [2.75, 3.05) is 19.3 Å². The van der Waals surface area contributed by atoms with Gasteiger partial charge in [0.05, 0.1) is 12.0 Å². The lowest BCUT2D eigenvalue weighted by Gasteiger charge is -2.06. The summed E-state index contributed by atoms with van der Waals surface area (Å²) in [5.41, 5.74) is 2.21. The van der Waals surface area contributed by atoms with Crippen LogP contribution in [0.2, 0.25) is 0 Å². The third kappa shape index (κ3) is 10.3. The molecule has 1 aromatic heterocycles. The first-order valence-corrected chi connectivity index (χ1v) is 7.28. The summed E-state index contributed by atoms with van der Waals surface area (Å²) in [5.74, 6) is 1.49. The molecule has 0 spiro atoms. The molecule has 0 bridgehead atoms. The van der Waals surface area contributed by atoms with Crippen molar-refractivity contribution in [3.8, 4) is 6.19 Å². The summed E-state index contributed by atoms with van der Waals surface area (Å²) in [6, 6.07) is 0. The van der Waals surface area contributed by atoms with E-state index in [1.807, 2.05) is 13.1 Å². The number of hydrogen-bond donors (Lipinski definition) is 4. The molecule has 1 aromatic rings. The van der Waals surface area contributed by atoms with Crippen LogP contribution in [0.4, 0.5) is 0 Å². The zero-order chi connectivity index (χ0) is 16.1. The number of carbonyl (C=O) groups is 1. The fourth-order valence-corrected chi connectivity index (χ4v) is 2.05. The van der Waals surface area contributed by atoms with Crippen molar-refractivity contribution in [3.05, 3.63) is 17.7 Å². The van der Waals surface area contributed by atoms with E-state index in [2.05, 4.69) is 25.6 Å². The van der Waals surface area contributed by atoms with Gasteiger partial charge in [-0.15, -0.1) is 0 Å². The van der Waals surface area contributed by atoms with Crippen LogP contribution in [0.1, 0.15) is 18.3 Å². The summed E-state index contributed by atoms with van der Waals surface area (Å²) >= 11 is 1.79. The van der Waals surface area contributed by atoms with Crippen molar-refractivity contribution in [1.29, 1.82) is 5.26 Å². The van der Waals surface area contributed by atoms with Gasteiger partial charge in [-0.25, -0.2) is 4.98 Å². The minimum Gasteiger partial charge on any atom is -0.481 e. The normalized spacial score (nSPS) is 10.1. The molecule has 0 unspecified atom stereocenters. The Bertz CT molecular complexity index is 490. The van der Waals surface area contributed by atoms with E-state index in [9.17, 15) is 0 Å². The third-order valence-corrected chi connectivity index (χ3v) is 3.08. The minimum atomic E-state index is -0.833. The molecule has 0 amide bonds. The van der Waals surface area contributed by atoms with Crippen LogP contribution in [0.5, 0.6) is 0 Å². The molecule has 21 heavy (non-hydrogen) atoms. The lowest BCUT2D eigenvalue weighted by Crippen LogP contribution is -2.35. The lowest BCUT2D eigenvalue weighted by atomic mass is 10.4. The Morgan fingerprint density at radius 3 is 2.81 bits per heavy atom. The maximum Gasteiger partial charge on any atom is 0.300 e. The number of thioether (sulfide) groups is 1. The lowest BCUT2D eigenvalue weighted by molar-refractivity contribution is -0.134. The van der Waals surface area contributed by atoms with E-state index < -0.39 is 5.97 Å². The second-order valence-electron chi connectivity index (χ2n) is 3.78. The molecule has 0 saturated carbocycles. The van der Waals surface area contributed by atoms with E-state index in [0.717, 1.165) is 36.4 Å². The number of nitriles is 1. The van der Waals surface area contributed by atoms with Gasteiger partial charge in [-0.05, 0) is 6.92 Å². The number of hydrogen-bond acceptors (Lipinski definition) is 5. The topological polar surface area (TPSA) is 126 Å². The Hall–Kier alpha value is -2.21. The minimum absolute atomic E-state index is 0.504. The van der Waals surface area contributed by atoms with Gasteiger partial charge in [0.15, 0.2) is 6.19 Å². The molecule has 1 rings (SSSR count). The number of carboxylic acid groups (broad SMARTS) is 1. The number of aryl methyl sites for hydroxylation is 1. The highest BCUT2D eigenvalue weighted by Gasteiger charge is 2.00. The quantitative estimate of drug-likeness (QED) is 0.207. The summed E-state index contributed by atoms with van der Waals surface area (Å²) in [7, 11) is 1.63. The van der Waals surface area contributed by atoms with Crippen molar-refractivity contribution >= 4 is 23.7 Å². The fourth-order valence-electron chi connectivity index (χ4n) is 1.18. The molecular weight excluding hydrogens is 292 g/mol. The Morgan fingerprint density at radius 2 is 2.33 bits per heavy atom. The summed E-state index contributed by atoms with van der Waals surface area (Å²) in [6.07, 6.45) is 3.54. The summed E-state index contributed by atoms with van der Waals surface area (Å²) < 4.78 is 0. The number of aliphatic carboxylic acids is 1. The van der Waals surface area contributed by atoms with Gasteiger partial charge in [-0.1, -0.05) is 0 Å². The molecule has 9 heteroatoms. The Labute approximate surface area is 128 Å². The SMILES string of the molecule is CC(=O)O.CN=C(NC#N)NCCSCc1nc[nH]c1C. The molecule has 0 fully saturated rings. The molecule has 8 nitrogen and oxygen atoms in total. The van der Waals surface area contributed by atoms with E-state index in [-0.39, 0.29) is 0 Å². The van der Waals surface area contributed by atoms with Crippen LogP contribution >= 0.6 is 11.8 Å². The molecule has 0 aliphatic heterocycles. The van der Waals surface area contributed by atoms with E-state index >= 15 is 0 Å². The highest BCUT2D eigenvalue weighted by Crippen LogP contribution is 2.11. The predicted octanol–water partition coefficient (Wildman–Crippen LogP) is 0.688. The van der Waals surface area contributed by atoms with E-state index in [1.54, 1.807) is 25.1 Å². The van der Waals surface area contributed by atoms with Gasteiger partial charge in [0.2, 0.25) is 5.96 Å². The first-order valence-electron chi connectivity index (χ1n) is 6.13. The monoisotopic (exact) mass is 312 g/mol. The Morgan fingerprint density at radius 1 is 1.67 bits per heavy atom. The molecule has 1 heterocycles. The number of aromatic nitrogens is 2. The molecule has 0 aliphatic carbocycles. The van der Waals surface area contributed by atoms with Crippen molar-refractivity contribution < 1.29 is 9.90 Å². The number of rotatable bonds is 5. The van der Waals surface area contributed by atoms with Gasteiger partial charge in [0.25, 0.3) is 5.97 Å². The van der Waals surface area contributed by atoms with Crippen LogP contribution in [-0.4, -0.2) is 46.3 Å². The second kappa shape index (κ2) is 11.6. The summed E-state index contributed by atoms with van der Waals surface area (Å²) in [6.45, 7) is 3.86. The molecule has 0 aliphatic rings. The molecule has 0 radical (unpaired) electrons. The van der Waals surface area contributed by atoms with E-state index in [4.69, 9.17) is 15.2 Å². The zero-order valence-corrected chi connectivity index (χ0v) is 13.1. The first-order chi connectivity index (χ1) is 10.0. The number of aromatic amines is 1. The van der Waals surface area contributed by atoms with Crippen LogP contribution in [0, 0.1) is 18.4 Å². The van der Waals surface area contributed by atoms with Crippen LogP contribution in [0.15, 0.2) is 11.3 Å². The number of H-pyrrole nitrogens is 1. The standard InChI is InChI=1S/C10H16N6S.C2H4O2/c1-8-9(16-7-15-8)5-17-4-3-13-10(12-2)14-6-11;1-2(3)4/h7H,3-5H2,1-2H3,(H,15,16)(H2,12,13,14);1H3,(H,3,4). The molecule has 4 N–H and O–H groups in total. The second-order valence-corrected chi connectivity index (χ2v) is 4.89. The van der Waals surface area contributed by atoms with Gasteiger partial charge in [0.1, 0.15) is 0 Å². The highest BCUT2D eigenvalue weighted by atomic mass is 32.2. The number of nitrogens with zero attached hydrogens (tertiary/aromatic N) is 3. The number of carboxylic acids is 1. The van der Waals surface area contributed by atoms with Crippen LogP contribution < -0.4 is 10.6 Å². The van der Waals surface area contributed by atoms with Crippen molar-refractivity contribution in [2.24, 2.45) is 4.99 Å². The zero-order valence-electron chi connectivity index (χ0n) is 12.3. The molecule has 116 valence electrons. The molecule has 0 saturated heterocycles. The average Bonchev–Trinajstić information content (AvgIpc) is 2.82. The first kappa shape index (κ1) is 18.8. The van der Waals surface area contributed by atoms with Crippen molar-refractivity contribution in [2.45, 2.75) is 19.6 Å². The van der Waals surface area contributed by atoms with E-state index in [0.29, 0.717) is 5.96 Å². The molecule has 0 aromatic carbocycles. The van der Waals surface area contributed by atoms with Crippen molar-refractivity contribution in [1.82, 2.24) is 20.6 Å². The molecule has 0 atom stereocenters. The largest absolute Gasteiger partial charge is 0.481 e. The summed E-state index contributed by atoms with van der Waals surface area (Å²) in [5, 5.41) is 21.3. The Kier molecular flexibility index (Phi) is 10.4. The smallest absolute Gasteiger partial charge is 0.300 e. The van der Waals surface area contributed by atoms with Crippen molar-refractivity contribution in [3.63, 3.8) is 0 Å². The van der Waals surface area contributed by atoms with Crippen LogP contribution in [-0.2, 0) is 10.5 Å². The highest BCUT2D eigenvalue weighted by molar-refractivity contribution is 7.98. The number of imidazole rings is 1. The average molecular weight is 312 g/mol. The summed E-state index contributed by atoms with van der Waals surface area (Å²) in [4.78, 5) is 20.2. The van der Waals surface area contributed by atoms with Gasteiger partial charge in [-0.3, -0.25) is 15.1 Å².